The number of rotatable bonds is 6. The summed E-state index contributed by atoms with van der Waals surface area (Å²) in [4.78, 5) is 0.339. The Balaban J connectivity index is 2.01. The second kappa shape index (κ2) is 7.94. The SMILES string of the molecule is CC(C)CCOc1ccc(S(=O)(=O)N2CCCNCC2)cc1. The van der Waals surface area contributed by atoms with E-state index >= 15 is 0 Å². The molecule has 1 fully saturated rings. The molecule has 0 radical (unpaired) electrons. The monoisotopic (exact) mass is 326 g/mol. The number of nitrogens with one attached hydrogen (secondary N) is 1. The molecular weight excluding hydrogens is 300 g/mol. The zero-order chi connectivity index (χ0) is 16.0. The van der Waals surface area contributed by atoms with Gasteiger partial charge in [-0.15, -0.1) is 0 Å². The van der Waals surface area contributed by atoms with Crippen LogP contribution < -0.4 is 10.1 Å². The maximum absolute atomic E-state index is 12.6. The summed E-state index contributed by atoms with van der Waals surface area (Å²) in [6.07, 6.45) is 1.83. The minimum Gasteiger partial charge on any atom is -0.494 e. The molecule has 22 heavy (non-hydrogen) atoms. The molecule has 0 atom stereocenters. The molecule has 1 saturated heterocycles. The first-order valence-corrected chi connectivity index (χ1v) is 9.38. The predicted molar refractivity (Wildman–Crippen MR) is 87.6 cm³/mol. The van der Waals surface area contributed by atoms with Crippen molar-refractivity contribution in [2.75, 3.05) is 32.8 Å². The summed E-state index contributed by atoms with van der Waals surface area (Å²) in [6, 6.07) is 6.75. The summed E-state index contributed by atoms with van der Waals surface area (Å²) >= 11 is 0. The van der Waals surface area contributed by atoms with Gasteiger partial charge in [-0.05, 0) is 49.6 Å². The Morgan fingerprint density at radius 2 is 1.91 bits per heavy atom. The molecule has 1 aromatic carbocycles. The van der Waals surface area contributed by atoms with Crippen LogP contribution in [0.1, 0.15) is 26.7 Å². The molecule has 0 bridgehead atoms. The number of hydrogen-bond donors (Lipinski definition) is 1. The van der Waals surface area contributed by atoms with Crippen molar-refractivity contribution in [3.63, 3.8) is 0 Å². The van der Waals surface area contributed by atoms with E-state index < -0.39 is 10.0 Å². The fraction of sp³-hybridized carbons (Fsp3) is 0.625. The van der Waals surface area contributed by atoms with E-state index in [0.29, 0.717) is 37.1 Å². The van der Waals surface area contributed by atoms with Gasteiger partial charge < -0.3 is 10.1 Å². The van der Waals surface area contributed by atoms with Crippen LogP contribution in [0, 0.1) is 5.92 Å². The van der Waals surface area contributed by atoms with E-state index in [2.05, 4.69) is 19.2 Å². The van der Waals surface area contributed by atoms with Crippen LogP contribution in [0.2, 0.25) is 0 Å². The lowest BCUT2D eigenvalue weighted by molar-refractivity contribution is 0.289. The quantitative estimate of drug-likeness (QED) is 0.870. The van der Waals surface area contributed by atoms with Crippen molar-refractivity contribution in [3.05, 3.63) is 24.3 Å². The van der Waals surface area contributed by atoms with Crippen molar-refractivity contribution < 1.29 is 13.2 Å². The van der Waals surface area contributed by atoms with Gasteiger partial charge in [0.15, 0.2) is 0 Å². The Labute approximate surface area is 133 Å². The van der Waals surface area contributed by atoms with Crippen LogP contribution >= 0.6 is 0 Å². The topological polar surface area (TPSA) is 58.6 Å². The lowest BCUT2D eigenvalue weighted by atomic mass is 10.1. The summed E-state index contributed by atoms with van der Waals surface area (Å²) in [5.41, 5.74) is 0. The first kappa shape index (κ1) is 17.2. The van der Waals surface area contributed by atoms with E-state index in [4.69, 9.17) is 4.74 Å². The van der Waals surface area contributed by atoms with Gasteiger partial charge in [-0.1, -0.05) is 13.8 Å². The zero-order valence-electron chi connectivity index (χ0n) is 13.4. The Morgan fingerprint density at radius 1 is 1.18 bits per heavy atom. The number of ether oxygens (including phenoxy) is 1. The molecule has 0 amide bonds. The highest BCUT2D eigenvalue weighted by atomic mass is 32.2. The molecule has 0 unspecified atom stereocenters. The van der Waals surface area contributed by atoms with Gasteiger partial charge in [0.25, 0.3) is 0 Å². The average Bonchev–Trinajstić information content (AvgIpc) is 2.77. The largest absolute Gasteiger partial charge is 0.494 e. The highest BCUT2D eigenvalue weighted by molar-refractivity contribution is 7.89. The van der Waals surface area contributed by atoms with Crippen molar-refractivity contribution in [1.82, 2.24) is 9.62 Å². The van der Waals surface area contributed by atoms with Gasteiger partial charge >= 0.3 is 0 Å². The normalized spacial score (nSPS) is 17.4. The maximum Gasteiger partial charge on any atom is 0.243 e. The highest BCUT2D eigenvalue weighted by Gasteiger charge is 2.24. The molecule has 5 nitrogen and oxygen atoms in total. The maximum atomic E-state index is 12.6. The lowest BCUT2D eigenvalue weighted by Gasteiger charge is -2.19. The third kappa shape index (κ3) is 4.69. The Morgan fingerprint density at radius 3 is 2.59 bits per heavy atom. The van der Waals surface area contributed by atoms with E-state index in [1.54, 1.807) is 28.6 Å². The number of sulfonamides is 1. The fourth-order valence-electron chi connectivity index (χ4n) is 2.33. The predicted octanol–water partition coefficient (Wildman–Crippen LogP) is 2.10. The van der Waals surface area contributed by atoms with Gasteiger partial charge in [0.05, 0.1) is 11.5 Å². The molecule has 1 aliphatic heterocycles. The summed E-state index contributed by atoms with van der Waals surface area (Å²) in [6.45, 7) is 7.62. The molecule has 1 aliphatic rings. The second-order valence-electron chi connectivity index (χ2n) is 6.01. The molecule has 0 spiro atoms. The van der Waals surface area contributed by atoms with Crippen LogP contribution in [0.15, 0.2) is 29.2 Å². The van der Waals surface area contributed by atoms with Crippen molar-refractivity contribution in [1.29, 1.82) is 0 Å². The fourth-order valence-corrected chi connectivity index (χ4v) is 3.81. The molecule has 1 aromatic rings. The van der Waals surface area contributed by atoms with Crippen LogP contribution in [0.5, 0.6) is 5.75 Å². The molecule has 6 heteroatoms. The van der Waals surface area contributed by atoms with Gasteiger partial charge in [-0.25, -0.2) is 8.42 Å². The summed E-state index contributed by atoms with van der Waals surface area (Å²) in [7, 11) is -3.40. The van der Waals surface area contributed by atoms with E-state index in [1.807, 2.05) is 0 Å². The van der Waals surface area contributed by atoms with E-state index in [0.717, 1.165) is 25.1 Å². The molecule has 0 aliphatic carbocycles. The minimum absolute atomic E-state index is 0.339. The summed E-state index contributed by atoms with van der Waals surface area (Å²) in [5, 5.41) is 3.22. The lowest BCUT2D eigenvalue weighted by Crippen LogP contribution is -2.34. The van der Waals surface area contributed by atoms with Gasteiger partial charge in [-0.3, -0.25) is 0 Å². The van der Waals surface area contributed by atoms with Crippen LogP contribution in [-0.4, -0.2) is 45.5 Å². The first-order valence-electron chi connectivity index (χ1n) is 7.94. The van der Waals surface area contributed by atoms with Crippen LogP contribution in [0.4, 0.5) is 0 Å². The molecule has 124 valence electrons. The molecule has 0 saturated carbocycles. The zero-order valence-corrected chi connectivity index (χ0v) is 14.2. The number of benzene rings is 1. The Bertz CT molecular complexity index is 547. The van der Waals surface area contributed by atoms with E-state index in [9.17, 15) is 8.42 Å². The average molecular weight is 326 g/mol. The van der Waals surface area contributed by atoms with E-state index in [1.165, 1.54) is 0 Å². The van der Waals surface area contributed by atoms with Crippen LogP contribution in [0.3, 0.4) is 0 Å². The van der Waals surface area contributed by atoms with Gasteiger partial charge in [0.2, 0.25) is 10.0 Å². The van der Waals surface area contributed by atoms with Gasteiger partial charge in [-0.2, -0.15) is 4.31 Å². The summed E-state index contributed by atoms with van der Waals surface area (Å²) in [5.74, 6) is 1.31. The number of hydrogen-bond acceptors (Lipinski definition) is 4. The molecule has 1 N–H and O–H groups in total. The van der Waals surface area contributed by atoms with Crippen molar-refractivity contribution >= 4 is 10.0 Å². The third-order valence-electron chi connectivity index (χ3n) is 3.72. The standard InChI is InChI=1S/C16H26N2O3S/c1-14(2)8-13-21-15-4-6-16(7-5-15)22(19,20)18-11-3-9-17-10-12-18/h4-7,14,17H,3,8-13H2,1-2H3. The number of nitrogens with zero attached hydrogens (tertiary/aromatic N) is 1. The molecular formula is C16H26N2O3S. The molecule has 0 aromatic heterocycles. The molecule has 2 rings (SSSR count). The van der Waals surface area contributed by atoms with Crippen molar-refractivity contribution in [3.8, 4) is 5.75 Å². The third-order valence-corrected chi connectivity index (χ3v) is 5.64. The first-order chi connectivity index (χ1) is 10.5. The van der Waals surface area contributed by atoms with Crippen LogP contribution in [0.25, 0.3) is 0 Å². The Hall–Kier alpha value is -1.11. The minimum atomic E-state index is -3.40. The van der Waals surface area contributed by atoms with Gasteiger partial charge in [0.1, 0.15) is 5.75 Å². The smallest absolute Gasteiger partial charge is 0.243 e. The van der Waals surface area contributed by atoms with Crippen molar-refractivity contribution in [2.24, 2.45) is 5.92 Å². The van der Waals surface area contributed by atoms with Crippen LogP contribution in [-0.2, 0) is 10.0 Å². The Kier molecular flexibility index (Phi) is 6.23. The van der Waals surface area contributed by atoms with Crippen molar-refractivity contribution in [2.45, 2.75) is 31.6 Å². The molecule has 1 heterocycles. The highest BCUT2D eigenvalue weighted by Crippen LogP contribution is 2.20. The van der Waals surface area contributed by atoms with E-state index in [-0.39, 0.29) is 0 Å². The summed E-state index contributed by atoms with van der Waals surface area (Å²) < 4.78 is 32.4. The second-order valence-corrected chi connectivity index (χ2v) is 7.95. The van der Waals surface area contributed by atoms with Gasteiger partial charge in [0, 0.05) is 19.6 Å².